The zero-order chi connectivity index (χ0) is 14.6. The maximum Gasteiger partial charge on any atom is 0.251 e. The molecule has 0 saturated heterocycles. The van der Waals surface area contributed by atoms with Crippen LogP contribution in [0.3, 0.4) is 0 Å². The van der Waals surface area contributed by atoms with Crippen molar-refractivity contribution in [2.24, 2.45) is 0 Å². The minimum atomic E-state index is 0.0582. The van der Waals surface area contributed by atoms with Crippen LogP contribution in [0.5, 0.6) is 0 Å². The van der Waals surface area contributed by atoms with Gasteiger partial charge in [0.05, 0.1) is 0 Å². The second-order valence-electron chi connectivity index (χ2n) is 5.90. The van der Waals surface area contributed by atoms with Gasteiger partial charge in [-0.15, -0.1) is 0 Å². The molecule has 0 spiro atoms. The molecule has 1 aliphatic rings. The molecule has 0 heterocycles. The van der Waals surface area contributed by atoms with Gasteiger partial charge >= 0.3 is 0 Å². The summed E-state index contributed by atoms with van der Waals surface area (Å²) in [6.07, 6.45) is 5.58. The van der Waals surface area contributed by atoms with Gasteiger partial charge in [-0.3, -0.25) is 4.79 Å². The van der Waals surface area contributed by atoms with Crippen LogP contribution < -0.4 is 10.6 Å². The van der Waals surface area contributed by atoms with E-state index in [-0.39, 0.29) is 11.4 Å². The van der Waals surface area contributed by atoms with Crippen LogP contribution in [0.1, 0.15) is 61.9 Å². The molecule has 110 valence electrons. The van der Waals surface area contributed by atoms with Crippen molar-refractivity contribution in [2.75, 3.05) is 11.9 Å². The third kappa shape index (κ3) is 3.14. The van der Waals surface area contributed by atoms with E-state index in [1.54, 1.807) is 0 Å². The van der Waals surface area contributed by atoms with E-state index in [2.05, 4.69) is 30.5 Å². The number of nitrogens with one attached hydrogen (secondary N) is 2. The Bertz CT molecular complexity index is 472. The van der Waals surface area contributed by atoms with Crippen molar-refractivity contribution < 1.29 is 4.79 Å². The summed E-state index contributed by atoms with van der Waals surface area (Å²) < 4.78 is 0. The van der Waals surface area contributed by atoms with Crippen molar-refractivity contribution in [3.8, 4) is 0 Å². The van der Waals surface area contributed by atoms with Gasteiger partial charge in [0.1, 0.15) is 0 Å². The zero-order valence-corrected chi connectivity index (χ0v) is 12.9. The summed E-state index contributed by atoms with van der Waals surface area (Å²) in [5.41, 5.74) is 2.98. The molecule has 3 heteroatoms. The summed E-state index contributed by atoms with van der Waals surface area (Å²) in [6, 6.07) is 5.99. The Morgan fingerprint density at radius 3 is 2.55 bits per heavy atom. The van der Waals surface area contributed by atoms with E-state index in [0.29, 0.717) is 0 Å². The van der Waals surface area contributed by atoms with Gasteiger partial charge in [0.2, 0.25) is 0 Å². The van der Waals surface area contributed by atoms with Gasteiger partial charge in [-0.25, -0.2) is 0 Å². The van der Waals surface area contributed by atoms with E-state index >= 15 is 0 Å². The molecule has 0 radical (unpaired) electrons. The first kappa shape index (κ1) is 14.9. The summed E-state index contributed by atoms with van der Waals surface area (Å²) >= 11 is 0. The van der Waals surface area contributed by atoms with Crippen LogP contribution in [0.2, 0.25) is 0 Å². The average molecular weight is 274 g/mol. The Kier molecular flexibility index (Phi) is 4.69. The van der Waals surface area contributed by atoms with Crippen LogP contribution in [-0.4, -0.2) is 18.0 Å². The number of amides is 1. The number of benzene rings is 1. The number of carbonyl (C=O) groups is 1. The van der Waals surface area contributed by atoms with Gasteiger partial charge < -0.3 is 10.6 Å². The Morgan fingerprint density at radius 1 is 1.30 bits per heavy atom. The number of anilines is 1. The van der Waals surface area contributed by atoms with E-state index in [1.807, 2.05) is 19.1 Å². The summed E-state index contributed by atoms with van der Waals surface area (Å²) in [6.45, 7) is 7.27. The van der Waals surface area contributed by atoms with Crippen LogP contribution in [0, 0.1) is 6.92 Å². The Hall–Kier alpha value is -1.51. The Balaban J connectivity index is 2.06. The predicted molar refractivity (Wildman–Crippen MR) is 84.3 cm³/mol. The highest BCUT2D eigenvalue weighted by Gasteiger charge is 2.36. The smallest absolute Gasteiger partial charge is 0.251 e. The van der Waals surface area contributed by atoms with Gasteiger partial charge in [-0.05, 0) is 62.8 Å². The molecule has 0 unspecified atom stereocenters. The van der Waals surface area contributed by atoms with Crippen molar-refractivity contribution in [1.82, 2.24) is 5.32 Å². The molecule has 20 heavy (non-hydrogen) atoms. The third-order valence-electron chi connectivity index (χ3n) is 4.42. The van der Waals surface area contributed by atoms with Crippen LogP contribution in [-0.2, 0) is 0 Å². The predicted octanol–water partition coefficient (Wildman–Crippen LogP) is 3.88. The lowest BCUT2D eigenvalue weighted by Gasteiger charge is -2.42. The lowest BCUT2D eigenvalue weighted by Crippen LogP contribution is -2.53. The summed E-state index contributed by atoms with van der Waals surface area (Å²) in [7, 11) is 0. The van der Waals surface area contributed by atoms with E-state index in [9.17, 15) is 4.79 Å². The van der Waals surface area contributed by atoms with Crippen LogP contribution in [0.25, 0.3) is 0 Å². The molecule has 1 aliphatic carbocycles. The third-order valence-corrected chi connectivity index (χ3v) is 4.42. The average Bonchev–Trinajstić information content (AvgIpc) is 2.40. The lowest BCUT2D eigenvalue weighted by molar-refractivity contribution is 0.0820. The summed E-state index contributed by atoms with van der Waals surface area (Å²) in [4.78, 5) is 12.4. The first-order valence-electron chi connectivity index (χ1n) is 7.77. The van der Waals surface area contributed by atoms with Crippen LogP contribution in [0.4, 0.5) is 5.69 Å². The van der Waals surface area contributed by atoms with Gasteiger partial charge in [0.15, 0.2) is 0 Å². The van der Waals surface area contributed by atoms with Crippen LogP contribution in [0.15, 0.2) is 18.2 Å². The molecule has 2 rings (SSSR count). The molecule has 0 bridgehead atoms. The van der Waals surface area contributed by atoms with Gasteiger partial charge in [0.25, 0.3) is 5.91 Å². The van der Waals surface area contributed by atoms with E-state index in [1.165, 1.54) is 6.42 Å². The summed E-state index contributed by atoms with van der Waals surface area (Å²) in [5, 5.41) is 6.59. The highest BCUT2D eigenvalue weighted by molar-refractivity contribution is 5.96. The maximum atomic E-state index is 12.4. The minimum absolute atomic E-state index is 0.0582. The first-order chi connectivity index (χ1) is 9.60. The number of carbonyl (C=O) groups excluding carboxylic acids is 1. The number of rotatable bonds is 6. The van der Waals surface area contributed by atoms with Crippen LogP contribution >= 0.6 is 0 Å². The number of aryl methyl sites for hydroxylation is 1. The molecule has 2 N–H and O–H groups in total. The zero-order valence-electron chi connectivity index (χ0n) is 12.9. The molecule has 1 aromatic carbocycles. The fourth-order valence-electron chi connectivity index (χ4n) is 2.78. The molecule has 1 saturated carbocycles. The molecule has 1 amide bonds. The molecular weight excluding hydrogens is 248 g/mol. The van der Waals surface area contributed by atoms with E-state index in [4.69, 9.17) is 0 Å². The molecular formula is C17H26N2O. The molecule has 1 fully saturated rings. The maximum absolute atomic E-state index is 12.4. The normalized spacial score (nSPS) is 16.4. The molecule has 0 atom stereocenters. The van der Waals surface area contributed by atoms with Crippen molar-refractivity contribution in [2.45, 2.75) is 58.4 Å². The molecule has 0 aromatic heterocycles. The topological polar surface area (TPSA) is 41.1 Å². The second-order valence-corrected chi connectivity index (χ2v) is 5.90. The first-order valence-corrected chi connectivity index (χ1v) is 7.77. The van der Waals surface area contributed by atoms with Crippen molar-refractivity contribution in [3.05, 3.63) is 29.3 Å². The SMILES string of the molecule is CCCNc1ccc(C(=O)NC2(CC)CCC2)c(C)c1. The fourth-order valence-corrected chi connectivity index (χ4v) is 2.78. The van der Waals surface area contributed by atoms with Gasteiger partial charge in [0, 0.05) is 23.3 Å². The number of hydrogen-bond donors (Lipinski definition) is 2. The van der Waals surface area contributed by atoms with Gasteiger partial charge in [-0.2, -0.15) is 0 Å². The monoisotopic (exact) mass is 274 g/mol. The standard InChI is InChI=1S/C17H26N2O/c1-4-11-18-14-7-8-15(13(3)12-14)16(20)19-17(5-2)9-6-10-17/h7-8,12,18H,4-6,9-11H2,1-3H3,(H,19,20). The fraction of sp³-hybridized carbons (Fsp3) is 0.588. The molecule has 0 aliphatic heterocycles. The van der Waals surface area contributed by atoms with Crippen molar-refractivity contribution in [1.29, 1.82) is 0 Å². The number of hydrogen-bond acceptors (Lipinski definition) is 2. The Morgan fingerprint density at radius 2 is 2.05 bits per heavy atom. The van der Waals surface area contributed by atoms with E-state index in [0.717, 1.165) is 49.0 Å². The molecule has 1 aromatic rings. The van der Waals surface area contributed by atoms with Crippen molar-refractivity contribution >= 4 is 11.6 Å². The lowest BCUT2D eigenvalue weighted by atomic mass is 9.74. The highest BCUT2D eigenvalue weighted by atomic mass is 16.1. The van der Waals surface area contributed by atoms with Gasteiger partial charge in [-0.1, -0.05) is 13.8 Å². The highest BCUT2D eigenvalue weighted by Crippen LogP contribution is 2.35. The quantitative estimate of drug-likeness (QED) is 0.826. The Labute approximate surface area is 122 Å². The largest absolute Gasteiger partial charge is 0.385 e. The second kappa shape index (κ2) is 6.29. The van der Waals surface area contributed by atoms with E-state index < -0.39 is 0 Å². The molecule has 3 nitrogen and oxygen atoms in total. The summed E-state index contributed by atoms with van der Waals surface area (Å²) in [5.74, 6) is 0.0751. The van der Waals surface area contributed by atoms with Crippen molar-refractivity contribution in [3.63, 3.8) is 0 Å². The minimum Gasteiger partial charge on any atom is -0.385 e.